The number of hydrogen-bond donors (Lipinski definition) is 0. The number of allylic oxidation sites excluding steroid dienone is 1. The van der Waals surface area contributed by atoms with E-state index in [1.54, 1.807) is 5.06 Å². The van der Waals surface area contributed by atoms with Crippen LogP contribution < -0.4 is 0 Å². The Morgan fingerprint density at radius 2 is 1.89 bits per heavy atom. The van der Waals surface area contributed by atoms with Crippen molar-refractivity contribution >= 4 is 17.7 Å². The highest BCUT2D eigenvalue weighted by molar-refractivity contribution is 6.15. The zero-order valence-electron chi connectivity index (χ0n) is 16.6. The van der Waals surface area contributed by atoms with Gasteiger partial charge in [0.1, 0.15) is 6.04 Å². The Balaban J connectivity index is 2.24. The van der Waals surface area contributed by atoms with Gasteiger partial charge < -0.3 is 9.47 Å². The topological polar surface area (TPSA) is 82.1 Å². The van der Waals surface area contributed by atoms with E-state index in [-0.39, 0.29) is 16.9 Å². The van der Waals surface area contributed by atoms with Gasteiger partial charge in [0, 0.05) is 6.42 Å². The van der Waals surface area contributed by atoms with Gasteiger partial charge in [-0.3, -0.25) is 9.63 Å². The van der Waals surface area contributed by atoms with Crippen molar-refractivity contribution < 1.29 is 28.7 Å². The summed E-state index contributed by atoms with van der Waals surface area (Å²) in [5, 5.41) is 1.57. The molecule has 0 aliphatic carbocycles. The summed E-state index contributed by atoms with van der Waals surface area (Å²) in [5.74, 6) is -1.43. The summed E-state index contributed by atoms with van der Waals surface area (Å²) in [4.78, 5) is 44.9. The normalized spacial score (nSPS) is 34.0. The number of ketones is 1. The zero-order valence-corrected chi connectivity index (χ0v) is 16.6. The van der Waals surface area contributed by atoms with E-state index in [0.717, 1.165) is 12.8 Å². The van der Waals surface area contributed by atoms with E-state index >= 15 is 0 Å². The van der Waals surface area contributed by atoms with Crippen LogP contribution in [-0.2, 0) is 28.7 Å². The largest absolute Gasteiger partial charge is 0.466 e. The fourth-order valence-corrected chi connectivity index (χ4v) is 5.11. The van der Waals surface area contributed by atoms with E-state index in [9.17, 15) is 14.4 Å². The number of nitrogens with zero attached hydrogens (tertiary/aromatic N) is 1. The van der Waals surface area contributed by atoms with Crippen LogP contribution in [0.1, 0.15) is 46.5 Å². The van der Waals surface area contributed by atoms with Crippen LogP contribution in [0.3, 0.4) is 0 Å². The highest BCUT2D eigenvalue weighted by Crippen LogP contribution is 2.66. The molecular formula is C20H27NO6. The van der Waals surface area contributed by atoms with Gasteiger partial charge in [-0.1, -0.05) is 13.0 Å². The van der Waals surface area contributed by atoms with Gasteiger partial charge in [0.15, 0.2) is 5.78 Å². The van der Waals surface area contributed by atoms with Crippen LogP contribution in [0.4, 0.5) is 0 Å². The van der Waals surface area contributed by atoms with Crippen molar-refractivity contribution in [2.24, 2.45) is 5.41 Å². The minimum atomic E-state index is -1.05. The van der Waals surface area contributed by atoms with E-state index in [1.165, 1.54) is 14.2 Å². The van der Waals surface area contributed by atoms with Gasteiger partial charge in [-0.15, -0.1) is 6.58 Å². The molecule has 3 aliphatic heterocycles. The maximum absolute atomic E-state index is 13.4. The summed E-state index contributed by atoms with van der Waals surface area (Å²) in [6.07, 6.45) is 4.27. The summed E-state index contributed by atoms with van der Waals surface area (Å²) in [7, 11) is 2.51. The van der Waals surface area contributed by atoms with Crippen LogP contribution >= 0.6 is 0 Å². The molecule has 3 heterocycles. The molecule has 0 saturated carbocycles. The molecule has 27 heavy (non-hydrogen) atoms. The first kappa shape index (κ1) is 19.8. The monoisotopic (exact) mass is 377 g/mol. The third-order valence-electron chi connectivity index (χ3n) is 6.18. The third kappa shape index (κ3) is 2.37. The van der Waals surface area contributed by atoms with Crippen molar-refractivity contribution in [3.63, 3.8) is 0 Å². The van der Waals surface area contributed by atoms with Crippen molar-refractivity contribution in [3.8, 4) is 0 Å². The zero-order chi connectivity index (χ0) is 20.2. The van der Waals surface area contributed by atoms with E-state index in [1.807, 2.05) is 26.8 Å². The second-order valence-electron chi connectivity index (χ2n) is 8.27. The first-order chi connectivity index (χ1) is 12.6. The van der Waals surface area contributed by atoms with Gasteiger partial charge in [0.25, 0.3) is 0 Å². The molecule has 3 aliphatic rings. The lowest BCUT2D eigenvalue weighted by molar-refractivity contribution is -0.207. The van der Waals surface area contributed by atoms with Crippen LogP contribution in [0.2, 0.25) is 0 Å². The molecule has 0 aromatic carbocycles. The number of unbranched alkanes of at least 4 members (excludes halogenated alkanes) is 1. The number of carbonyl (C=O) groups excluding carboxylic acids is 3. The molecular weight excluding hydrogens is 350 g/mol. The Hall–Kier alpha value is -1.99. The standard InChI is InChI=1S/C20H27NO6/c1-7-8-9-10-19(4)15(22)14-12(16(23)25-5)13(17(24)26-6)20(19)11-18(2,3)27-21(14)20/h7,14H,1,8-11H2,2-6H3/t14-,19-,20+/m0/s1. The number of methoxy groups -OCH3 is 2. The molecule has 2 bridgehead atoms. The minimum absolute atomic E-state index is 0.0473. The first-order valence-corrected chi connectivity index (χ1v) is 9.16. The molecule has 3 rings (SSSR count). The van der Waals surface area contributed by atoms with Crippen LogP contribution in [0.15, 0.2) is 23.8 Å². The van der Waals surface area contributed by atoms with E-state index in [2.05, 4.69) is 6.58 Å². The second kappa shape index (κ2) is 6.27. The first-order valence-electron chi connectivity index (χ1n) is 9.16. The lowest BCUT2D eigenvalue weighted by Crippen LogP contribution is -2.54. The highest BCUT2D eigenvalue weighted by atomic mass is 16.7. The average Bonchev–Trinajstić information content (AvgIpc) is 3.10. The van der Waals surface area contributed by atoms with Crippen LogP contribution in [0, 0.1) is 5.41 Å². The molecule has 0 spiro atoms. The number of hydrogen-bond acceptors (Lipinski definition) is 7. The molecule has 148 valence electrons. The predicted octanol–water partition coefficient (Wildman–Crippen LogP) is 2.11. The minimum Gasteiger partial charge on any atom is -0.466 e. The molecule has 7 nitrogen and oxygen atoms in total. The van der Waals surface area contributed by atoms with Crippen molar-refractivity contribution in [2.75, 3.05) is 14.2 Å². The SMILES string of the molecule is C=CCCC[C@@]1(C)C(=O)[C@@H]2C(C(=O)OC)=C(C(=O)OC)[C@]13CC(C)(C)ON23. The predicted molar refractivity (Wildman–Crippen MR) is 96.4 cm³/mol. The average molecular weight is 377 g/mol. The molecule has 0 aromatic rings. The summed E-state index contributed by atoms with van der Waals surface area (Å²) < 4.78 is 9.91. The van der Waals surface area contributed by atoms with Crippen molar-refractivity contribution in [2.45, 2.75) is 63.6 Å². The Morgan fingerprint density at radius 1 is 1.26 bits per heavy atom. The van der Waals surface area contributed by atoms with Crippen molar-refractivity contribution in [1.82, 2.24) is 5.06 Å². The molecule has 3 atom stereocenters. The van der Waals surface area contributed by atoms with Gasteiger partial charge in [-0.05, 0) is 33.1 Å². The van der Waals surface area contributed by atoms with Crippen molar-refractivity contribution in [1.29, 1.82) is 0 Å². The molecule has 0 unspecified atom stereocenters. The number of rotatable bonds is 6. The molecule has 0 amide bonds. The molecule has 7 heteroatoms. The number of Topliss-reactive ketones (excluding diaryl/α,β-unsaturated/α-hetero) is 1. The maximum Gasteiger partial charge on any atom is 0.336 e. The fraction of sp³-hybridized carbons (Fsp3) is 0.650. The molecule has 2 fully saturated rings. The number of ether oxygens (including phenoxy) is 2. The van der Waals surface area contributed by atoms with Crippen LogP contribution in [-0.4, -0.2) is 54.2 Å². The quantitative estimate of drug-likeness (QED) is 0.398. The lowest BCUT2D eigenvalue weighted by Gasteiger charge is -2.42. The van der Waals surface area contributed by atoms with E-state index in [4.69, 9.17) is 14.3 Å². The Labute approximate surface area is 159 Å². The molecule has 2 saturated heterocycles. The Kier molecular flexibility index (Phi) is 4.59. The number of carbonyl (C=O) groups is 3. The summed E-state index contributed by atoms with van der Waals surface area (Å²) >= 11 is 0. The Morgan fingerprint density at radius 3 is 2.44 bits per heavy atom. The molecule has 0 N–H and O–H groups in total. The summed E-state index contributed by atoms with van der Waals surface area (Å²) in [5.41, 5.74) is -2.26. The maximum atomic E-state index is 13.4. The summed E-state index contributed by atoms with van der Waals surface area (Å²) in [6, 6.07) is -0.956. The van der Waals surface area contributed by atoms with E-state index in [0.29, 0.717) is 12.8 Å². The molecule has 0 aromatic heterocycles. The number of esters is 2. The van der Waals surface area contributed by atoms with Gasteiger partial charge in [-0.25, -0.2) is 9.59 Å². The smallest absolute Gasteiger partial charge is 0.336 e. The van der Waals surface area contributed by atoms with E-state index < -0.39 is 34.5 Å². The number of hydroxylamine groups is 2. The summed E-state index contributed by atoms with van der Waals surface area (Å²) in [6.45, 7) is 9.44. The lowest BCUT2D eigenvalue weighted by atomic mass is 9.58. The van der Waals surface area contributed by atoms with Crippen LogP contribution in [0.25, 0.3) is 0 Å². The highest BCUT2D eigenvalue weighted by Gasteiger charge is 2.79. The van der Waals surface area contributed by atoms with Gasteiger partial charge >= 0.3 is 11.9 Å². The Bertz CT molecular complexity index is 754. The van der Waals surface area contributed by atoms with Crippen LogP contribution in [0.5, 0.6) is 0 Å². The third-order valence-corrected chi connectivity index (χ3v) is 6.18. The second-order valence-corrected chi connectivity index (χ2v) is 8.27. The molecule has 0 radical (unpaired) electrons. The van der Waals surface area contributed by atoms with Crippen molar-refractivity contribution in [3.05, 3.63) is 23.8 Å². The van der Waals surface area contributed by atoms with Gasteiger partial charge in [-0.2, -0.15) is 5.06 Å². The van der Waals surface area contributed by atoms with Gasteiger partial charge in [0.05, 0.1) is 41.9 Å². The van der Waals surface area contributed by atoms with Gasteiger partial charge in [0.2, 0.25) is 0 Å². The fourth-order valence-electron chi connectivity index (χ4n) is 5.11.